The molecule has 0 fully saturated rings. The van der Waals surface area contributed by atoms with Gasteiger partial charge in [-0.05, 0) is 25.0 Å². The number of carbonyl (C=O) groups excluding carboxylic acids is 1. The van der Waals surface area contributed by atoms with Crippen molar-refractivity contribution in [2.75, 3.05) is 0 Å². The Labute approximate surface area is 133 Å². The Balaban J connectivity index is 1.97. The Kier molecular flexibility index (Phi) is 5.43. The van der Waals surface area contributed by atoms with E-state index >= 15 is 0 Å². The fraction of sp³-hybridized carbons (Fsp3) is 0.235. The zero-order valence-corrected chi connectivity index (χ0v) is 12.7. The highest BCUT2D eigenvalue weighted by molar-refractivity contribution is 5.94. The lowest BCUT2D eigenvalue weighted by atomic mass is 10.0. The molecule has 1 amide bonds. The van der Waals surface area contributed by atoms with E-state index < -0.39 is 16.9 Å². The van der Waals surface area contributed by atoms with Crippen LogP contribution in [0.4, 0.5) is 5.69 Å². The molecule has 0 bridgehead atoms. The molecule has 2 N–H and O–H groups in total. The average molecular weight is 314 g/mol. The third-order valence-corrected chi connectivity index (χ3v) is 3.46. The number of benzene rings is 2. The summed E-state index contributed by atoms with van der Waals surface area (Å²) >= 11 is 0. The molecule has 0 aliphatic rings. The van der Waals surface area contributed by atoms with E-state index in [1.54, 1.807) is 6.92 Å². The van der Waals surface area contributed by atoms with Crippen LogP contribution in [0.2, 0.25) is 0 Å². The zero-order valence-electron chi connectivity index (χ0n) is 12.7. The Morgan fingerprint density at radius 2 is 1.91 bits per heavy atom. The SMILES string of the molecule is CC(CC(O)c1ccccc1)NC(=O)c1cccc([N+](=O)[O-])c1. The summed E-state index contributed by atoms with van der Waals surface area (Å²) in [5.74, 6) is -0.401. The van der Waals surface area contributed by atoms with Gasteiger partial charge in [0.1, 0.15) is 0 Å². The Bertz CT molecular complexity index is 688. The van der Waals surface area contributed by atoms with Crippen molar-refractivity contribution >= 4 is 11.6 Å². The van der Waals surface area contributed by atoms with Crippen LogP contribution in [0, 0.1) is 10.1 Å². The van der Waals surface area contributed by atoms with E-state index in [2.05, 4.69) is 5.32 Å². The molecule has 0 saturated heterocycles. The Hall–Kier alpha value is -2.73. The summed E-state index contributed by atoms with van der Waals surface area (Å²) in [6.45, 7) is 1.78. The van der Waals surface area contributed by atoms with Crippen LogP contribution < -0.4 is 5.32 Å². The Morgan fingerprint density at radius 1 is 1.22 bits per heavy atom. The highest BCUT2D eigenvalue weighted by Gasteiger charge is 2.16. The molecular formula is C17H18N2O4. The lowest BCUT2D eigenvalue weighted by Gasteiger charge is -2.18. The number of carbonyl (C=O) groups is 1. The maximum absolute atomic E-state index is 12.1. The standard InChI is InChI=1S/C17H18N2O4/c1-12(10-16(20)13-6-3-2-4-7-13)18-17(21)14-8-5-9-15(11-14)19(22)23/h2-9,11-12,16,20H,10H2,1H3,(H,18,21). The summed E-state index contributed by atoms with van der Waals surface area (Å²) in [6.07, 6.45) is -0.332. The van der Waals surface area contributed by atoms with Gasteiger partial charge in [0, 0.05) is 23.7 Å². The molecule has 0 spiro atoms. The predicted octanol–water partition coefficient (Wildman–Crippen LogP) is 2.84. The number of nitrogens with zero attached hydrogens (tertiary/aromatic N) is 1. The second-order valence-electron chi connectivity index (χ2n) is 5.34. The second-order valence-corrected chi connectivity index (χ2v) is 5.34. The quantitative estimate of drug-likeness (QED) is 0.633. The molecule has 23 heavy (non-hydrogen) atoms. The van der Waals surface area contributed by atoms with Crippen molar-refractivity contribution in [3.8, 4) is 0 Å². The van der Waals surface area contributed by atoms with Crippen LogP contribution in [0.1, 0.15) is 35.4 Å². The van der Waals surface area contributed by atoms with E-state index in [1.165, 1.54) is 24.3 Å². The molecule has 6 nitrogen and oxygen atoms in total. The number of nitro benzene ring substituents is 1. The van der Waals surface area contributed by atoms with Gasteiger partial charge in [0.2, 0.25) is 0 Å². The van der Waals surface area contributed by atoms with Crippen LogP contribution in [-0.2, 0) is 0 Å². The largest absolute Gasteiger partial charge is 0.388 e. The number of aliphatic hydroxyl groups is 1. The number of rotatable bonds is 6. The Morgan fingerprint density at radius 3 is 2.57 bits per heavy atom. The van der Waals surface area contributed by atoms with Gasteiger partial charge in [-0.15, -0.1) is 0 Å². The molecular weight excluding hydrogens is 296 g/mol. The van der Waals surface area contributed by atoms with Crippen molar-refractivity contribution in [3.05, 3.63) is 75.8 Å². The van der Waals surface area contributed by atoms with E-state index in [0.717, 1.165) is 5.56 Å². The first kappa shape index (κ1) is 16.6. The number of amides is 1. The summed E-state index contributed by atoms with van der Waals surface area (Å²) < 4.78 is 0. The number of aliphatic hydroxyl groups excluding tert-OH is 1. The maximum atomic E-state index is 12.1. The van der Waals surface area contributed by atoms with Crippen molar-refractivity contribution in [2.45, 2.75) is 25.5 Å². The van der Waals surface area contributed by atoms with Crippen molar-refractivity contribution in [3.63, 3.8) is 0 Å². The topological polar surface area (TPSA) is 92.5 Å². The number of nitro groups is 1. The summed E-state index contributed by atoms with van der Waals surface area (Å²) in [5.41, 5.74) is 0.874. The van der Waals surface area contributed by atoms with Gasteiger partial charge in [0.05, 0.1) is 11.0 Å². The van der Waals surface area contributed by atoms with Crippen LogP contribution in [0.25, 0.3) is 0 Å². The zero-order chi connectivity index (χ0) is 16.8. The van der Waals surface area contributed by atoms with Gasteiger partial charge >= 0.3 is 0 Å². The summed E-state index contributed by atoms with van der Waals surface area (Å²) in [7, 11) is 0. The number of non-ortho nitro benzene ring substituents is 1. The molecule has 2 aromatic carbocycles. The monoisotopic (exact) mass is 314 g/mol. The molecule has 0 aliphatic carbocycles. The maximum Gasteiger partial charge on any atom is 0.270 e. The first-order chi connectivity index (χ1) is 11.0. The van der Waals surface area contributed by atoms with Gasteiger partial charge in [-0.1, -0.05) is 36.4 Å². The first-order valence-electron chi connectivity index (χ1n) is 7.25. The van der Waals surface area contributed by atoms with E-state index in [-0.39, 0.29) is 17.3 Å². The minimum Gasteiger partial charge on any atom is -0.388 e. The molecule has 6 heteroatoms. The minimum atomic E-state index is -0.684. The highest BCUT2D eigenvalue weighted by Crippen LogP contribution is 2.18. The second kappa shape index (κ2) is 7.51. The molecule has 0 heterocycles. The van der Waals surface area contributed by atoms with Crippen molar-refractivity contribution in [1.82, 2.24) is 5.32 Å². The fourth-order valence-electron chi connectivity index (χ4n) is 2.27. The van der Waals surface area contributed by atoms with Gasteiger partial charge in [0.15, 0.2) is 0 Å². The van der Waals surface area contributed by atoms with Gasteiger partial charge < -0.3 is 10.4 Å². The third kappa shape index (κ3) is 4.62. The third-order valence-electron chi connectivity index (χ3n) is 3.46. The molecule has 2 unspecified atom stereocenters. The molecule has 2 aromatic rings. The summed E-state index contributed by atoms with van der Waals surface area (Å²) in [6, 6.07) is 14.4. The lowest BCUT2D eigenvalue weighted by Crippen LogP contribution is -2.33. The predicted molar refractivity (Wildman–Crippen MR) is 86.0 cm³/mol. The van der Waals surface area contributed by atoms with Crippen LogP contribution in [0.3, 0.4) is 0 Å². The molecule has 2 atom stereocenters. The van der Waals surface area contributed by atoms with Gasteiger partial charge in [-0.3, -0.25) is 14.9 Å². The smallest absolute Gasteiger partial charge is 0.270 e. The number of nitrogens with one attached hydrogen (secondary N) is 1. The van der Waals surface area contributed by atoms with Crippen molar-refractivity contribution < 1.29 is 14.8 Å². The van der Waals surface area contributed by atoms with Crippen molar-refractivity contribution in [2.24, 2.45) is 0 Å². The van der Waals surface area contributed by atoms with Crippen molar-refractivity contribution in [1.29, 1.82) is 0 Å². The highest BCUT2D eigenvalue weighted by atomic mass is 16.6. The molecule has 2 rings (SSSR count). The normalized spacial score (nSPS) is 13.1. The number of hydrogen-bond donors (Lipinski definition) is 2. The van der Waals surface area contributed by atoms with Crippen LogP contribution in [-0.4, -0.2) is 22.0 Å². The first-order valence-corrected chi connectivity index (χ1v) is 7.25. The van der Waals surface area contributed by atoms with E-state index in [4.69, 9.17) is 0 Å². The molecule has 0 saturated carbocycles. The van der Waals surface area contributed by atoms with E-state index in [0.29, 0.717) is 6.42 Å². The van der Waals surface area contributed by atoms with Gasteiger partial charge in [0.25, 0.3) is 11.6 Å². The van der Waals surface area contributed by atoms with E-state index in [9.17, 15) is 20.0 Å². The van der Waals surface area contributed by atoms with Gasteiger partial charge in [-0.2, -0.15) is 0 Å². The minimum absolute atomic E-state index is 0.130. The van der Waals surface area contributed by atoms with E-state index in [1.807, 2.05) is 30.3 Å². The molecule has 120 valence electrons. The molecule has 0 aliphatic heterocycles. The summed E-state index contributed by atoms with van der Waals surface area (Å²) in [4.78, 5) is 22.3. The van der Waals surface area contributed by atoms with Crippen LogP contribution in [0.15, 0.2) is 54.6 Å². The lowest BCUT2D eigenvalue weighted by molar-refractivity contribution is -0.384. The van der Waals surface area contributed by atoms with Crippen LogP contribution in [0.5, 0.6) is 0 Å². The molecule has 0 radical (unpaired) electrons. The van der Waals surface area contributed by atoms with Crippen LogP contribution >= 0.6 is 0 Å². The fourth-order valence-corrected chi connectivity index (χ4v) is 2.27. The summed E-state index contributed by atoms with van der Waals surface area (Å²) in [5, 5.41) is 23.6. The molecule has 0 aromatic heterocycles. The van der Waals surface area contributed by atoms with Gasteiger partial charge in [-0.25, -0.2) is 0 Å². The number of hydrogen-bond acceptors (Lipinski definition) is 4. The average Bonchev–Trinajstić information content (AvgIpc) is 2.55.